The van der Waals surface area contributed by atoms with Crippen molar-refractivity contribution in [1.82, 2.24) is 0 Å². The Morgan fingerprint density at radius 1 is 0.406 bits per heavy atom. The molecule has 0 bridgehead atoms. The number of ether oxygens (including phenoxy) is 2. The Kier molecular flexibility index (Phi) is 16.7. The first-order chi connectivity index (χ1) is 29.9. The maximum Gasteiger partial charge on any atom is 0.339 e. The first kappa shape index (κ1) is 51.5. The van der Waals surface area contributed by atoms with Gasteiger partial charge in [-0.25, -0.2) is 0 Å². The molecule has 2 atom stereocenters. The summed E-state index contributed by atoms with van der Waals surface area (Å²) in [7, 11) is -6.97. The van der Waals surface area contributed by atoms with Gasteiger partial charge in [-0.15, -0.1) is 0 Å². The Labute approximate surface area is 376 Å². The number of rotatable bonds is 19. The van der Waals surface area contributed by atoms with Crippen molar-refractivity contribution in [2.24, 2.45) is 0 Å². The van der Waals surface area contributed by atoms with Crippen molar-refractivity contribution < 1.29 is 56.4 Å². The summed E-state index contributed by atoms with van der Waals surface area (Å²) in [6, 6.07) is 10.6. The van der Waals surface area contributed by atoms with E-state index in [-0.39, 0.29) is 48.3 Å². The monoisotopic (exact) mass is 914 g/mol. The standard InChI is InChI=1S/C50H60O12P2/c1-27-19-31(5)43(32(6)20-27)47(53)63(57,59-13)49(55)45-35(9)23-29(3)39(37(45)11)25-61-41(51)17-15-16-18-42(52)62-26-40-30(4)24-36(10)46(38(40)12)50(56)64(58,60-14)48(54)44-33(7)21-28(2)22-34(44)8/h19-24H,15-18,25-26H2,1-14H3. The zero-order valence-electron chi connectivity index (χ0n) is 39.5. The number of carbonyl (C=O) groups excluding carboxylic acids is 6. The summed E-state index contributed by atoms with van der Waals surface area (Å²) in [6.07, 6.45) is 0.602. The molecule has 0 N–H and O–H groups in total. The van der Waals surface area contributed by atoms with Crippen LogP contribution in [-0.2, 0) is 50.5 Å². The molecule has 342 valence electrons. The van der Waals surface area contributed by atoms with E-state index < -0.39 is 48.8 Å². The quantitative estimate of drug-likeness (QED) is 0.0495. The lowest BCUT2D eigenvalue weighted by Gasteiger charge is -2.21. The third kappa shape index (κ3) is 10.5. The summed E-state index contributed by atoms with van der Waals surface area (Å²) in [5.74, 6) is -1.07. The molecule has 0 amide bonds. The highest BCUT2D eigenvalue weighted by Gasteiger charge is 2.45. The average molecular weight is 915 g/mol. The number of esters is 2. The van der Waals surface area contributed by atoms with Crippen LogP contribution in [0.2, 0.25) is 0 Å². The van der Waals surface area contributed by atoms with E-state index in [0.29, 0.717) is 68.5 Å². The molecule has 2 unspecified atom stereocenters. The van der Waals surface area contributed by atoms with E-state index in [1.165, 1.54) is 0 Å². The van der Waals surface area contributed by atoms with E-state index in [1.54, 1.807) is 106 Å². The summed E-state index contributed by atoms with van der Waals surface area (Å²) in [4.78, 5) is 81.4. The van der Waals surface area contributed by atoms with Crippen molar-refractivity contribution in [3.8, 4) is 0 Å². The van der Waals surface area contributed by atoms with Crippen molar-refractivity contribution in [3.05, 3.63) is 137 Å². The second-order valence-corrected chi connectivity index (χ2v) is 21.3. The van der Waals surface area contributed by atoms with E-state index in [0.717, 1.165) is 36.5 Å². The normalized spacial score (nSPS) is 13.2. The van der Waals surface area contributed by atoms with E-state index >= 15 is 0 Å². The van der Waals surface area contributed by atoms with Gasteiger partial charge in [-0.2, -0.15) is 0 Å². The van der Waals surface area contributed by atoms with E-state index in [1.807, 2.05) is 13.8 Å². The fourth-order valence-corrected chi connectivity index (χ4v) is 12.3. The molecule has 0 saturated carbocycles. The average Bonchev–Trinajstić information content (AvgIpc) is 3.20. The number of carbonyl (C=O) groups is 6. The van der Waals surface area contributed by atoms with Crippen LogP contribution in [-0.4, -0.2) is 48.3 Å². The van der Waals surface area contributed by atoms with Gasteiger partial charge < -0.3 is 18.5 Å². The van der Waals surface area contributed by atoms with Crippen molar-refractivity contribution in [2.75, 3.05) is 14.2 Å². The molecule has 0 spiro atoms. The van der Waals surface area contributed by atoms with E-state index in [2.05, 4.69) is 0 Å². The van der Waals surface area contributed by atoms with Gasteiger partial charge in [0.1, 0.15) is 13.2 Å². The minimum Gasteiger partial charge on any atom is -0.461 e. The molecule has 4 aromatic carbocycles. The van der Waals surface area contributed by atoms with Gasteiger partial charge >= 0.3 is 26.7 Å². The molecule has 14 heteroatoms. The fraction of sp³-hybridized carbons (Fsp3) is 0.400. The summed E-state index contributed by atoms with van der Waals surface area (Å²) in [5, 5.41) is 0. The predicted octanol–water partition coefficient (Wildman–Crippen LogP) is 11.5. The van der Waals surface area contributed by atoms with Gasteiger partial charge in [-0.1, -0.05) is 47.5 Å². The van der Waals surface area contributed by atoms with Crippen molar-refractivity contribution in [2.45, 2.75) is 122 Å². The second-order valence-electron chi connectivity index (χ2n) is 16.7. The van der Waals surface area contributed by atoms with Crippen molar-refractivity contribution in [3.63, 3.8) is 0 Å². The fourth-order valence-electron chi connectivity index (χ4n) is 8.68. The van der Waals surface area contributed by atoms with Gasteiger partial charge in [0.25, 0.3) is 22.1 Å². The van der Waals surface area contributed by atoms with Crippen molar-refractivity contribution in [1.29, 1.82) is 0 Å². The smallest absolute Gasteiger partial charge is 0.339 e. The largest absolute Gasteiger partial charge is 0.461 e. The molecule has 0 heterocycles. The van der Waals surface area contributed by atoms with Gasteiger partial charge in [0.15, 0.2) is 0 Å². The molecule has 4 rings (SSSR count). The molecular formula is C50H60O12P2. The predicted molar refractivity (Wildman–Crippen MR) is 247 cm³/mol. The number of hydrogen-bond donors (Lipinski definition) is 0. The summed E-state index contributed by atoms with van der Waals surface area (Å²) in [6.45, 7) is 20.6. The Hall–Kier alpha value is -5.12. The second kappa shape index (κ2) is 20.8. The van der Waals surface area contributed by atoms with Gasteiger partial charge in [0.05, 0.1) is 0 Å². The van der Waals surface area contributed by atoms with Gasteiger partial charge in [0, 0.05) is 49.3 Å². The molecule has 64 heavy (non-hydrogen) atoms. The van der Waals surface area contributed by atoms with Gasteiger partial charge in [-0.05, 0) is 163 Å². The van der Waals surface area contributed by atoms with Crippen LogP contribution in [0.3, 0.4) is 0 Å². The van der Waals surface area contributed by atoms with Crippen LogP contribution in [0.15, 0.2) is 36.4 Å². The highest BCUT2D eigenvalue weighted by Crippen LogP contribution is 2.55. The minimum atomic E-state index is -4.57. The Bertz CT molecular complexity index is 2460. The van der Waals surface area contributed by atoms with Crippen LogP contribution in [0, 0.1) is 83.1 Å². The van der Waals surface area contributed by atoms with Crippen LogP contribution in [0.1, 0.15) is 145 Å². The van der Waals surface area contributed by atoms with Crippen LogP contribution in [0.25, 0.3) is 0 Å². The van der Waals surface area contributed by atoms with E-state index in [4.69, 9.17) is 18.5 Å². The molecule has 4 aromatic rings. The zero-order valence-corrected chi connectivity index (χ0v) is 41.3. The number of benzene rings is 4. The zero-order chi connectivity index (χ0) is 48.2. The lowest BCUT2D eigenvalue weighted by Crippen LogP contribution is -2.17. The SMILES string of the molecule is COP(=O)(C(=O)c1c(C)cc(C)cc1C)C(=O)c1c(C)cc(C)c(COC(=O)CCCCC(=O)OCc2c(C)cc(C)c(C(=O)P(=O)(OC)C(=O)c3c(C)cc(C)cc3C)c2C)c1C. The molecule has 0 aliphatic heterocycles. The first-order valence-corrected chi connectivity index (χ1v) is 24.3. The van der Waals surface area contributed by atoms with Crippen LogP contribution in [0.4, 0.5) is 0 Å². The molecule has 0 saturated heterocycles. The first-order valence-electron chi connectivity index (χ1n) is 21.0. The molecule has 12 nitrogen and oxygen atoms in total. The summed E-state index contributed by atoms with van der Waals surface area (Å²) in [5.41, 5.74) is 5.45. The molecule has 0 radical (unpaired) electrons. The Balaban J connectivity index is 1.38. The minimum absolute atomic E-state index is 0.00673. The lowest BCUT2D eigenvalue weighted by atomic mass is 9.94. The highest BCUT2D eigenvalue weighted by molar-refractivity contribution is 7.92. The lowest BCUT2D eigenvalue weighted by molar-refractivity contribution is -0.147. The number of hydrogen-bond acceptors (Lipinski definition) is 12. The van der Waals surface area contributed by atoms with Crippen LogP contribution in [0.5, 0.6) is 0 Å². The number of aryl methyl sites for hydroxylation is 10. The Morgan fingerprint density at radius 2 is 0.672 bits per heavy atom. The third-order valence-corrected chi connectivity index (χ3v) is 15.9. The molecule has 0 aliphatic rings. The topological polar surface area (TPSA) is 173 Å². The van der Waals surface area contributed by atoms with E-state index in [9.17, 15) is 37.9 Å². The summed E-state index contributed by atoms with van der Waals surface area (Å²) >= 11 is 0. The number of unbranched alkanes of at least 4 members (excludes halogenated alkanes) is 1. The van der Waals surface area contributed by atoms with Gasteiger partial charge in [0.2, 0.25) is 0 Å². The molecule has 0 aliphatic carbocycles. The molecule has 0 fully saturated rings. The third-order valence-electron chi connectivity index (χ3n) is 11.8. The van der Waals surface area contributed by atoms with Gasteiger partial charge in [-0.3, -0.25) is 37.9 Å². The highest BCUT2D eigenvalue weighted by atomic mass is 31.2. The van der Waals surface area contributed by atoms with Crippen LogP contribution < -0.4 is 0 Å². The molecular weight excluding hydrogens is 854 g/mol. The Morgan fingerprint density at radius 3 is 0.953 bits per heavy atom. The maximum atomic E-state index is 14.2. The van der Waals surface area contributed by atoms with Crippen molar-refractivity contribution >= 4 is 48.8 Å². The molecule has 0 aromatic heterocycles. The van der Waals surface area contributed by atoms with Crippen LogP contribution >= 0.6 is 14.7 Å². The summed E-state index contributed by atoms with van der Waals surface area (Å²) < 4.78 is 50.1. The maximum absolute atomic E-state index is 14.2.